The Kier molecular flexibility index (Phi) is 7.00. The van der Waals surface area contributed by atoms with Crippen LogP contribution in [-0.2, 0) is 11.2 Å². The van der Waals surface area contributed by atoms with Gasteiger partial charge in [-0.3, -0.25) is 4.79 Å². The van der Waals surface area contributed by atoms with Crippen molar-refractivity contribution in [1.82, 2.24) is 10.2 Å². The third-order valence-corrected chi connectivity index (χ3v) is 5.10. The van der Waals surface area contributed by atoms with Crippen LogP contribution < -0.4 is 10.6 Å². The summed E-state index contributed by atoms with van der Waals surface area (Å²) in [6.45, 7) is 1.93. The number of carbonyl (C=O) groups is 2. The fraction of sp³-hybridized carbons (Fsp3) is 0.364. The van der Waals surface area contributed by atoms with E-state index >= 15 is 0 Å². The van der Waals surface area contributed by atoms with Crippen molar-refractivity contribution in [2.45, 2.75) is 25.7 Å². The Labute approximate surface area is 164 Å². The number of carbonyl (C=O) groups excluding carboxylic acids is 2. The van der Waals surface area contributed by atoms with Crippen molar-refractivity contribution < 1.29 is 14.0 Å². The van der Waals surface area contributed by atoms with Crippen LogP contribution in [0.2, 0.25) is 0 Å². The third-order valence-electron chi connectivity index (χ3n) is 5.10. The maximum Gasteiger partial charge on any atom is 0.321 e. The van der Waals surface area contributed by atoms with E-state index in [0.717, 1.165) is 24.8 Å². The van der Waals surface area contributed by atoms with Gasteiger partial charge in [0.25, 0.3) is 0 Å². The topological polar surface area (TPSA) is 61.4 Å². The highest BCUT2D eigenvalue weighted by atomic mass is 19.1. The molecule has 0 unspecified atom stereocenters. The lowest BCUT2D eigenvalue weighted by atomic mass is 9.93. The zero-order chi connectivity index (χ0) is 19.8. The Hall–Kier alpha value is -2.89. The molecule has 28 heavy (non-hydrogen) atoms. The largest absolute Gasteiger partial charge is 0.356 e. The summed E-state index contributed by atoms with van der Waals surface area (Å²) >= 11 is 0. The van der Waals surface area contributed by atoms with Gasteiger partial charge in [0.1, 0.15) is 5.82 Å². The first-order valence-electron chi connectivity index (χ1n) is 9.73. The Morgan fingerprint density at radius 3 is 2.39 bits per heavy atom. The molecule has 0 spiro atoms. The SMILES string of the molecule is O=C(Cc1ccccc1)NCCC1CCN(C(=O)Nc2ccccc2F)CC1. The van der Waals surface area contributed by atoms with Gasteiger partial charge in [-0.1, -0.05) is 42.5 Å². The predicted molar refractivity (Wildman–Crippen MR) is 107 cm³/mol. The van der Waals surface area contributed by atoms with Gasteiger partial charge in [-0.25, -0.2) is 9.18 Å². The molecular formula is C22H26FN3O2. The Balaban J connectivity index is 1.34. The van der Waals surface area contributed by atoms with Crippen LogP contribution in [0.3, 0.4) is 0 Å². The Morgan fingerprint density at radius 1 is 1.00 bits per heavy atom. The number of nitrogens with one attached hydrogen (secondary N) is 2. The van der Waals surface area contributed by atoms with Crippen molar-refractivity contribution in [3.63, 3.8) is 0 Å². The van der Waals surface area contributed by atoms with E-state index in [1.54, 1.807) is 23.1 Å². The fourth-order valence-corrected chi connectivity index (χ4v) is 3.44. The van der Waals surface area contributed by atoms with Crippen LogP contribution in [0.1, 0.15) is 24.8 Å². The van der Waals surface area contributed by atoms with Crippen molar-refractivity contribution in [2.75, 3.05) is 25.0 Å². The molecule has 3 amide bonds. The summed E-state index contributed by atoms with van der Waals surface area (Å²) in [5.74, 6) is 0.0828. The number of hydrogen-bond acceptors (Lipinski definition) is 2. The number of anilines is 1. The smallest absolute Gasteiger partial charge is 0.321 e. The molecule has 2 aromatic carbocycles. The number of urea groups is 1. The number of rotatable bonds is 6. The number of likely N-dealkylation sites (tertiary alicyclic amines) is 1. The standard InChI is InChI=1S/C22H26FN3O2/c23-19-8-4-5-9-20(19)25-22(28)26-14-11-17(12-15-26)10-13-24-21(27)16-18-6-2-1-3-7-18/h1-9,17H,10-16H2,(H,24,27)(H,25,28). The fourth-order valence-electron chi connectivity index (χ4n) is 3.44. The van der Waals surface area contributed by atoms with Gasteiger partial charge in [0.2, 0.25) is 5.91 Å². The summed E-state index contributed by atoms with van der Waals surface area (Å²) < 4.78 is 13.7. The van der Waals surface area contributed by atoms with Gasteiger partial charge >= 0.3 is 6.03 Å². The average Bonchev–Trinajstić information content (AvgIpc) is 2.71. The van der Waals surface area contributed by atoms with Crippen molar-refractivity contribution >= 4 is 17.6 Å². The van der Waals surface area contributed by atoms with E-state index in [2.05, 4.69) is 10.6 Å². The summed E-state index contributed by atoms with van der Waals surface area (Å²) in [6, 6.07) is 15.6. The van der Waals surface area contributed by atoms with E-state index < -0.39 is 5.82 Å². The van der Waals surface area contributed by atoms with Gasteiger partial charge in [0.15, 0.2) is 0 Å². The molecule has 0 aromatic heterocycles. The van der Waals surface area contributed by atoms with E-state index in [9.17, 15) is 14.0 Å². The summed E-state index contributed by atoms with van der Waals surface area (Å²) in [4.78, 5) is 26.0. The monoisotopic (exact) mass is 383 g/mol. The van der Waals surface area contributed by atoms with Crippen LogP contribution in [0.25, 0.3) is 0 Å². The van der Waals surface area contributed by atoms with Crippen LogP contribution in [-0.4, -0.2) is 36.5 Å². The minimum Gasteiger partial charge on any atom is -0.356 e. The predicted octanol–water partition coefficient (Wildman–Crippen LogP) is 3.82. The molecule has 0 radical (unpaired) electrons. The summed E-state index contributed by atoms with van der Waals surface area (Å²) in [5, 5.41) is 5.61. The molecule has 5 nitrogen and oxygen atoms in total. The van der Waals surface area contributed by atoms with Gasteiger partial charge in [-0.2, -0.15) is 0 Å². The lowest BCUT2D eigenvalue weighted by Crippen LogP contribution is -2.41. The van der Waals surface area contributed by atoms with Crippen LogP contribution in [0.15, 0.2) is 54.6 Å². The third kappa shape index (κ3) is 5.81. The molecule has 0 aliphatic carbocycles. The second kappa shape index (κ2) is 9.88. The zero-order valence-electron chi connectivity index (χ0n) is 15.9. The van der Waals surface area contributed by atoms with Crippen LogP contribution >= 0.6 is 0 Å². The number of benzene rings is 2. The number of amides is 3. The van der Waals surface area contributed by atoms with Gasteiger partial charge in [-0.15, -0.1) is 0 Å². The number of para-hydroxylation sites is 1. The highest BCUT2D eigenvalue weighted by Gasteiger charge is 2.23. The van der Waals surface area contributed by atoms with E-state index in [1.165, 1.54) is 6.07 Å². The van der Waals surface area contributed by atoms with Crippen molar-refractivity contribution in [1.29, 1.82) is 0 Å². The highest BCUT2D eigenvalue weighted by Crippen LogP contribution is 2.21. The minimum atomic E-state index is -0.433. The molecule has 148 valence electrons. The maximum absolute atomic E-state index is 13.7. The average molecular weight is 383 g/mol. The summed E-state index contributed by atoms with van der Waals surface area (Å²) in [7, 11) is 0. The quantitative estimate of drug-likeness (QED) is 0.797. The molecular weight excluding hydrogens is 357 g/mol. The van der Waals surface area contributed by atoms with Crippen LogP contribution in [0, 0.1) is 11.7 Å². The molecule has 1 saturated heterocycles. The molecule has 3 rings (SSSR count). The highest BCUT2D eigenvalue weighted by molar-refractivity contribution is 5.89. The van der Waals surface area contributed by atoms with E-state index in [0.29, 0.717) is 32.0 Å². The van der Waals surface area contributed by atoms with E-state index in [4.69, 9.17) is 0 Å². The maximum atomic E-state index is 13.7. The number of hydrogen-bond donors (Lipinski definition) is 2. The zero-order valence-corrected chi connectivity index (χ0v) is 15.9. The number of nitrogens with zero attached hydrogens (tertiary/aromatic N) is 1. The number of halogens is 1. The van der Waals surface area contributed by atoms with Gasteiger partial charge in [0.05, 0.1) is 12.1 Å². The molecule has 1 aliphatic heterocycles. The van der Waals surface area contributed by atoms with Gasteiger partial charge in [-0.05, 0) is 42.9 Å². The molecule has 0 bridgehead atoms. The second-order valence-corrected chi connectivity index (χ2v) is 7.14. The minimum absolute atomic E-state index is 0.0351. The van der Waals surface area contributed by atoms with E-state index in [-0.39, 0.29) is 17.6 Å². The van der Waals surface area contributed by atoms with Crippen LogP contribution in [0.4, 0.5) is 14.9 Å². The second-order valence-electron chi connectivity index (χ2n) is 7.14. The molecule has 1 heterocycles. The lowest BCUT2D eigenvalue weighted by Gasteiger charge is -2.32. The molecule has 0 atom stereocenters. The number of piperidine rings is 1. The summed E-state index contributed by atoms with van der Waals surface area (Å²) in [6.07, 6.45) is 3.08. The van der Waals surface area contributed by atoms with Crippen molar-refractivity contribution in [2.24, 2.45) is 5.92 Å². The normalized spacial score (nSPS) is 14.5. The Bertz CT molecular complexity index is 789. The van der Waals surface area contributed by atoms with Gasteiger partial charge in [0, 0.05) is 19.6 Å². The van der Waals surface area contributed by atoms with Crippen molar-refractivity contribution in [3.05, 3.63) is 66.0 Å². The van der Waals surface area contributed by atoms with E-state index in [1.807, 2.05) is 30.3 Å². The van der Waals surface area contributed by atoms with Crippen LogP contribution in [0.5, 0.6) is 0 Å². The summed E-state index contributed by atoms with van der Waals surface area (Å²) in [5.41, 5.74) is 1.21. The molecule has 2 N–H and O–H groups in total. The molecule has 0 saturated carbocycles. The molecule has 1 fully saturated rings. The molecule has 2 aromatic rings. The lowest BCUT2D eigenvalue weighted by molar-refractivity contribution is -0.120. The Morgan fingerprint density at radius 2 is 1.68 bits per heavy atom. The van der Waals surface area contributed by atoms with Gasteiger partial charge < -0.3 is 15.5 Å². The van der Waals surface area contributed by atoms with Crippen molar-refractivity contribution in [3.8, 4) is 0 Å². The molecule has 1 aliphatic rings. The first-order valence-corrected chi connectivity index (χ1v) is 9.73. The molecule has 6 heteroatoms. The first-order chi connectivity index (χ1) is 13.6. The first kappa shape index (κ1) is 19.9.